The third kappa shape index (κ3) is 3.49. The van der Waals surface area contributed by atoms with Crippen molar-refractivity contribution >= 4 is 23.5 Å². The van der Waals surface area contributed by atoms with Gasteiger partial charge in [0.1, 0.15) is 17.9 Å². The van der Waals surface area contributed by atoms with Crippen LogP contribution in [0.15, 0.2) is 12.1 Å². The molecule has 0 saturated carbocycles. The maximum atomic E-state index is 12.0. The number of hydrogen-bond acceptors (Lipinski definition) is 4. The van der Waals surface area contributed by atoms with Crippen LogP contribution in [0.2, 0.25) is 5.02 Å². The van der Waals surface area contributed by atoms with E-state index >= 15 is 0 Å². The maximum absolute atomic E-state index is 12.0. The predicted molar refractivity (Wildman–Crippen MR) is 91.3 cm³/mol. The summed E-state index contributed by atoms with van der Waals surface area (Å²) in [5.41, 5.74) is 1.77. The molecule has 1 atom stereocenters. The Morgan fingerprint density at radius 1 is 1.29 bits per heavy atom. The molecule has 0 bridgehead atoms. The van der Waals surface area contributed by atoms with E-state index < -0.39 is 6.04 Å². The maximum Gasteiger partial charge on any atom is 0.325 e. The number of urea groups is 1. The highest BCUT2D eigenvalue weighted by molar-refractivity contribution is 6.30. The van der Waals surface area contributed by atoms with Crippen LogP contribution in [-0.2, 0) is 11.3 Å². The number of halogens is 1. The molecule has 3 amide bonds. The van der Waals surface area contributed by atoms with Crippen LogP contribution in [0, 0.1) is 6.92 Å². The lowest BCUT2D eigenvalue weighted by Crippen LogP contribution is -2.35. The number of imide groups is 1. The average molecular weight is 352 g/mol. The van der Waals surface area contributed by atoms with Gasteiger partial charge in [-0.1, -0.05) is 11.6 Å². The van der Waals surface area contributed by atoms with E-state index in [1.54, 1.807) is 6.92 Å². The molecule has 0 spiro atoms. The van der Waals surface area contributed by atoms with Gasteiger partial charge in [-0.25, -0.2) is 4.79 Å². The predicted octanol–water partition coefficient (Wildman–Crippen LogP) is 2.22. The van der Waals surface area contributed by atoms with Crippen molar-refractivity contribution in [3.63, 3.8) is 0 Å². The van der Waals surface area contributed by atoms with Gasteiger partial charge in [-0.05, 0) is 57.5 Å². The molecule has 2 heterocycles. The Kier molecular flexibility index (Phi) is 4.96. The lowest BCUT2D eigenvalue weighted by Gasteiger charge is -2.27. The first-order valence-corrected chi connectivity index (χ1v) is 8.61. The Hall–Kier alpha value is -1.79. The molecule has 6 nitrogen and oxygen atoms in total. The van der Waals surface area contributed by atoms with Crippen molar-refractivity contribution in [2.24, 2.45) is 0 Å². The largest absolute Gasteiger partial charge is 0.490 e. The van der Waals surface area contributed by atoms with Gasteiger partial charge in [-0.2, -0.15) is 0 Å². The van der Waals surface area contributed by atoms with Gasteiger partial charge in [-0.15, -0.1) is 0 Å². The number of piperidine rings is 1. The van der Waals surface area contributed by atoms with E-state index in [0.717, 1.165) is 42.8 Å². The van der Waals surface area contributed by atoms with Crippen LogP contribution in [0.25, 0.3) is 0 Å². The van der Waals surface area contributed by atoms with Crippen LogP contribution in [0.1, 0.15) is 30.9 Å². The molecule has 0 aromatic heterocycles. The molecule has 2 fully saturated rings. The third-order valence-corrected chi connectivity index (χ3v) is 4.78. The molecule has 24 heavy (non-hydrogen) atoms. The van der Waals surface area contributed by atoms with Gasteiger partial charge in [0.25, 0.3) is 5.91 Å². The molecule has 3 rings (SSSR count). The summed E-state index contributed by atoms with van der Waals surface area (Å²) in [5, 5.41) is 6.24. The summed E-state index contributed by atoms with van der Waals surface area (Å²) < 4.78 is 6.24. The molecule has 0 radical (unpaired) electrons. The summed E-state index contributed by atoms with van der Waals surface area (Å²) in [7, 11) is 0. The standard InChI is InChI=1S/C17H22ClN3O3/c1-10-7-13(18)8-12(9-21-11(2)16(22)20-17(21)23)15(10)24-14-3-5-19-6-4-14/h7-8,11,14,19H,3-6,9H2,1-2H3,(H,20,22,23). The number of nitrogens with one attached hydrogen (secondary N) is 2. The Labute approximate surface area is 146 Å². The van der Waals surface area contributed by atoms with Crippen molar-refractivity contribution in [1.29, 1.82) is 0 Å². The number of amides is 3. The third-order valence-electron chi connectivity index (χ3n) is 4.57. The Bertz CT molecular complexity index is 659. The van der Waals surface area contributed by atoms with Crippen LogP contribution in [-0.4, -0.2) is 42.1 Å². The Balaban J connectivity index is 1.85. The van der Waals surface area contributed by atoms with Gasteiger partial charge in [-0.3, -0.25) is 10.1 Å². The molecule has 2 N–H and O–H groups in total. The lowest BCUT2D eigenvalue weighted by atomic mass is 10.1. The van der Waals surface area contributed by atoms with E-state index in [1.165, 1.54) is 4.90 Å². The zero-order chi connectivity index (χ0) is 17.3. The highest BCUT2D eigenvalue weighted by Crippen LogP contribution is 2.31. The Morgan fingerprint density at radius 3 is 2.62 bits per heavy atom. The van der Waals surface area contributed by atoms with Gasteiger partial charge in [0.2, 0.25) is 0 Å². The summed E-state index contributed by atoms with van der Waals surface area (Å²) in [6.45, 7) is 5.83. The number of nitrogens with zero attached hydrogens (tertiary/aromatic N) is 1. The molecule has 7 heteroatoms. The van der Waals surface area contributed by atoms with Crippen molar-refractivity contribution in [3.05, 3.63) is 28.3 Å². The fourth-order valence-corrected chi connectivity index (χ4v) is 3.45. The number of ether oxygens (including phenoxy) is 1. The number of benzene rings is 1. The zero-order valence-corrected chi connectivity index (χ0v) is 14.7. The fraction of sp³-hybridized carbons (Fsp3) is 0.529. The minimum absolute atomic E-state index is 0.149. The molecule has 1 aromatic carbocycles. The highest BCUT2D eigenvalue weighted by atomic mass is 35.5. The van der Waals surface area contributed by atoms with E-state index in [-0.39, 0.29) is 18.0 Å². The van der Waals surface area contributed by atoms with Crippen LogP contribution >= 0.6 is 11.6 Å². The van der Waals surface area contributed by atoms with Crippen molar-refractivity contribution in [1.82, 2.24) is 15.5 Å². The number of aryl methyl sites for hydroxylation is 1. The van der Waals surface area contributed by atoms with Crippen LogP contribution in [0.4, 0.5) is 4.79 Å². The zero-order valence-electron chi connectivity index (χ0n) is 13.9. The first kappa shape index (κ1) is 17.0. The summed E-state index contributed by atoms with van der Waals surface area (Å²) in [6, 6.07) is 2.80. The molecule has 2 saturated heterocycles. The second-order valence-electron chi connectivity index (χ2n) is 6.38. The number of carbonyl (C=O) groups excluding carboxylic acids is 2. The van der Waals surface area contributed by atoms with Gasteiger partial charge >= 0.3 is 6.03 Å². The molecule has 2 aliphatic rings. The van der Waals surface area contributed by atoms with Crippen molar-refractivity contribution < 1.29 is 14.3 Å². The second-order valence-corrected chi connectivity index (χ2v) is 6.81. The number of carbonyl (C=O) groups is 2. The minimum Gasteiger partial charge on any atom is -0.490 e. The minimum atomic E-state index is -0.497. The molecule has 130 valence electrons. The van der Waals surface area contributed by atoms with Crippen LogP contribution in [0.5, 0.6) is 5.75 Å². The van der Waals surface area contributed by atoms with E-state index in [2.05, 4.69) is 10.6 Å². The summed E-state index contributed by atoms with van der Waals surface area (Å²) in [5.74, 6) is 0.491. The van der Waals surface area contributed by atoms with Crippen molar-refractivity contribution in [2.75, 3.05) is 13.1 Å². The first-order chi connectivity index (χ1) is 11.5. The molecule has 1 unspecified atom stereocenters. The van der Waals surface area contributed by atoms with Gasteiger partial charge in [0.05, 0.1) is 6.54 Å². The van der Waals surface area contributed by atoms with E-state index in [9.17, 15) is 9.59 Å². The summed E-state index contributed by atoms with van der Waals surface area (Å²) >= 11 is 6.20. The Morgan fingerprint density at radius 2 is 2.00 bits per heavy atom. The summed E-state index contributed by atoms with van der Waals surface area (Å²) in [4.78, 5) is 25.2. The molecular weight excluding hydrogens is 330 g/mol. The molecule has 1 aromatic rings. The normalized spacial score (nSPS) is 22.0. The van der Waals surface area contributed by atoms with E-state index in [1.807, 2.05) is 19.1 Å². The second kappa shape index (κ2) is 6.99. The smallest absolute Gasteiger partial charge is 0.325 e. The summed E-state index contributed by atoms with van der Waals surface area (Å²) in [6.07, 6.45) is 2.04. The van der Waals surface area contributed by atoms with Gasteiger partial charge in [0, 0.05) is 10.6 Å². The number of hydrogen-bond donors (Lipinski definition) is 2. The van der Waals surface area contributed by atoms with E-state index in [0.29, 0.717) is 11.6 Å². The van der Waals surface area contributed by atoms with Gasteiger partial charge < -0.3 is 15.0 Å². The highest BCUT2D eigenvalue weighted by Gasteiger charge is 2.35. The average Bonchev–Trinajstić information content (AvgIpc) is 2.78. The SMILES string of the molecule is Cc1cc(Cl)cc(CN2C(=O)NC(=O)C2C)c1OC1CCNCC1. The molecule has 0 aliphatic carbocycles. The van der Waals surface area contributed by atoms with Crippen LogP contribution in [0.3, 0.4) is 0 Å². The molecular formula is C17H22ClN3O3. The van der Waals surface area contributed by atoms with E-state index in [4.69, 9.17) is 16.3 Å². The quantitative estimate of drug-likeness (QED) is 0.816. The number of rotatable bonds is 4. The van der Waals surface area contributed by atoms with Gasteiger partial charge in [0.15, 0.2) is 0 Å². The topological polar surface area (TPSA) is 70.7 Å². The monoisotopic (exact) mass is 351 g/mol. The van der Waals surface area contributed by atoms with Crippen molar-refractivity contribution in [2.45, 2.75) is 45.4 Å². The van der Waals surface area contributed by atoms with Crippen molar-refractivity contribution in [3.8, 4) is 5.75 Å². The molecule has 2 aliphatic heterocycles. The van der Waals surface area contributed by atoms with Crippen LogP contribution < -0.4 is 15.4 Å². The lowest BCUT2D eigenvalue weighted by molar-refractivity contribution is -0.121. The first-order valence-electron chi connectivity index (χ1n) is 8.23. The fourth-order valence-electron chi connectivity index (χ4n) is 3.16.